The van der Waals surface area contributed by atoms with E-state index in [1.165, 1.54) is 13.8 Å². The molecule has 0 saturated heterocycles. The number of carbonyl (C=O) groups is 3. The number of carbonyl (C=O) groups excluding carboxylic acids is 3. The minimum absolute atomic E-state index is 0.00451. The molecule has 0 amide bonds. The summed E-state index contributed by atoms with van der Waals surface area (Å²) in [5.74, 6) is -2.23. The topological polar surface area (TPSA) is 69.7 Å². The van der Waals surface area contributed by atoms with Gasteiger partial charge in [-0.15, -0.1) is 0 Å². The lowest BCUT2D eigenvalue weighted by molar-refractivity contribution is -0.159. The molecule has 0 aliphatic rings. The third kappa shape index (κ3) is 2.70. The lowest BCUT2D eigenvalue weighted by atomic mass is 10.1. The first-order valence-corrected chi connectivity index (χ1v) is 4.40. The Morgan fingerprint density at radius 2 is 1.57 bits per heavy atom. The maximum atomic E-state index is 11.1. The van der Waals surface area contributed by atoms with E-state index in [0.29, 0.717) is 0 Å². The monoisotopic (exact) mass is 222 g/mol. The van der Waals surface area contributed by atoms with E-state index in [-0.39, 0.29) is 19.5 Å². The van der Waals surface area contributed by atoms with Gasteiger partial charge >= 0.3 is 11.9 Å². The number of aldehydes is 1. The molecule has 0 fully saturated rings. The van der Waals surface area contributed by atoms with Crippen molar-refractivity contribution in [1.82, 2.24) is 0 Å². The van der Waals surface area contributed by atoms with Gasteiger partial charge in [0.25, 0.3) is 4.87 Å². The van der Waals surface area contributed by atoms with E-state index in [1.54, 1.807) is 0 Å². The highest BCUT2D eigenvalue weighted by molar-refractivity contribution is 6.53. The minimum Gasteiger partial charge on any atom is -0.464 e. The van der Waals surface area contributed by atoms with Gasteiger partial charge in [0.15, 0.2) is 6.29 Å². The van der Waals surface area contributed by atoms with Gasteiger partial charge in [-0.1, -0.05) is 11.6 Å². The number of hydrogen-bond donors (Lipinski definition) is 0. The maximum absolute atomic E-state index is 11.1. The lowest BCUT2D eigenvalue weighted by Crippen LogP contribution is -2.45. The van der Waals surface area contributed by atoms with Crippen LogP contribution in [0.2, 0.25) is 0 Å². The summed E-state index contributed by atoms with van der Waals surface area (Å²) >= 11 is 5.47. The van der Waals surface area contributed by atoms with Gasteiger partial charge in [0.2, 0.25) is 0 Å². The second-order valence-electron chi connectivity index (χ2n) is 2.27. The summed E-state index contributed by atoms with van der Waals surface area (Å²) < 4.78 is 8.92. The number of halogens is 1. The molecule has 0 atom stereocenters. The Bertz CT molecular complexity index is 220. The Balaban J connectivity index is 4.69. The second kappa shape index (κ2) is 5.59. The van der Waals surface area contributed by atoms with Gasteiger partial charge in [-0.25, -0.2) is 9.59 Å². The number of rotatable bonds is 5. The molecule has 0 saturated carbocycles. The van der Waals surface area contributed by atoms with Crippen molar-refractivity contribution in [2.24, 2.45) is 0 Å². The number of ether oxygens (including phenoxy) is 2. The molecule has 0 radical (unpaired) electrons. The van der Waals surface area contributed by atoms with Gasteiger partial charge < -0.3 is 14.3 Å². The van der Waals surface area contributed by atoms with Crippen molar-refractivity contribution in [3.05, 3.63) is 0 Å². The largest absolute Gasteiger partial charge is 0.464 e. The van der Waals surface area contributed by atoms with E-state index >= 15 is 0 Å². The first kappa shape index (κ1) is 12.9. The Morgan fingerprint density at radius 3 is 1.79 bits per heavy atom. The average molecular weight is 223 g/mol. The van der Waals surface area contributed by atoms with E-state index in [1.807, 2.05) is 0 Å². The molecular weight excluding hydrogens is 212 g/mol. The maximum Gasteiger partial charge on any atom is 0.346 e. The van der Waals surface area contributed by atoms with Crippen molar-refractivity contribution in [1.29, 1.82) is 0 Å². The van der Waals surface area contributed by atoms with Gasteiger partial charge in [-0.05, 0) is 13.8 Å². The first-order valence-electron chi connectivity index (χ1n) is 4.02. The third-order valence-electron chi connectivity index (χ3n) is 1.31. The molecule has 0 spiro atoms. The highest BCUT2D eigenvalue weighted by Crippen LogP contribution is 2.16. The molecule has 0 aliphatic heterocycles. The third-order valence-corrected chi connectivity index (χ3v) is 1.71. The van der Waals surface area contributed by atoms with Crippen LogP contribution in [0.1, 0.15) is 13.8 Å². The zero-order valence-electron chi connectivity index (χ0n) is 7.91. The van der Waals surface area contributed by atoms with Crippen molar-refractivity contribution in [2.75, 3.05) is 13.2 Å². The van der Waals surface area contributed by atoms with Crippen LogP contribution in [0.4, 0.5) is 0 Å². The molecule has 0 aromatic rings. The predicted octanol–water partition coefficient (Wildman–Crippen LogP) is 0.289. The molecule has 0 unspecified atom stereocenters. The van der Waals surface area contributed by atoms with Crippen LogP contribution in [-0.2, 0) is 23.9 Å². The minimum atomic E-state index is -2.37. The van der Waals surface area contributed by atoms with Crippen LogP contribution in [0.15, 0.2) is 0 Å². The molecule has 0 aromatic carbocycles. The summed E-state index contributed by atoms with van der Waals surface area (Å²) in [7, 11) is 0. The van der Waals surface area contributed by atoms with Crippen LogP contribution in [-0.4, -0.2) is 36.3 Å². The summed E-state index contributed by atoms with van der Waals surface area (Å²) in [6, 6.07) is 0. The van der Waals surface area contributed by atoms with Gasteiger partial charge in [-0.2, -0.15) is 0 Å². The first-order chi connectivity index (χ1) is 6.52. The quantitative estimate of drug-likeness (QED) is 0.289. The molecule has 0 aromatic heterocycles. The van der Waals surface area contributed by atoms with Crippen LogP contribution < -0.4 is 0 Å². The molecular formula is C8H11ClO5. The molecule has 80 valence electrons. The van der Waals surface area contributed by atoms with Crippen LogP contribution in [0.25, 0.3) is 0 Å². The van der Waals surface area contributed by atoms with Gasteiger partial charge in [0.05, 0.1) is 13.2 Å². The summed E-state index contributed by atoms with van der Waals surface area (Å²) in [4.78, 5) is 30.4. The Kier molecular flexibility index (Phi) is 5.15. The highest BCUT2D eigenvalue weighted by atomic mass is 35.5. The van der Waals surface area contributed by atoms with Crippen LogP contribution in [0.5, 0.6) is 0 Å². The lowest BCUT2D eigenvalue weighted by Gasteiger charge is -2.15. The summed E-state index contributed by atoms with van der Waals surface area (Å²) in [6.07, 6.45) is 0.00451. The van der Waals surface area contributed by atoms with Crippen LogP contribution in [0, 0.1) is 0 Å². The van der Waals surface area contributed by atoms with Gasteiger partial charge in [-0.3, -0.25) is 0 Å². The molecule has 0 N–H and O–H groups in total. The fraction of sp³-hybridized carbons (Fsp3) is 0.625. The number of alkyl halides is 1. The van der Waals surface area contributed by atoms with Crippen LogP contribution >= 0.6 is 11.6 Å². The van der Waals surface area contributed by atoms with Gasteiger partial charge in [0, 0.05) is 0 Å². The number of esters is 2. The number of hydrogen-bond acceptors (Lipinski definition) is 5. The van der Waals surface area contributed by atoms with Crippen molar-refractivity contribution < 1.29 is 23.9 Å². The van der Waals surface area contributed by atoms with Crippen molar-refractivity contribution in [2.45, 2.75) is 18.7 Å². The fourth-order valence-electron chi connectivity index (χ4n) is 0.652. The smallest absolute Gasteiger partial charge is 0.346 e. The van der Waals surface area contributed by atoms with E-state index in [0.717, 1.165) is 0 Å². The predicted molar refractivity (Wildman–Crippen MR) is 47.9 cm³/mol. The van der Waals surface area contributed by atoms with Crippen molar-refractivity contribution in [3.8, 4) is 0 Å². The zero-order chi connectivity index (χ0) is 11.2. The van der Waals surface area contributed by atoms with E-state index in [4.69, 9.17) is 11.6 Å². The molecule has 0 rings (SSSR count). The van der Waals surface area contributed by atoms with E-state index in [9.17, 15) is 14.4 Å². The van der Waals surface area contributed by atoms with Crippen molar-refractivity contribution >= 4 is 29.8 Å². The molecule has 0 aliphatic carbocycles. The van der Waals surface area contributed by atoms with E-state index in [2.05, 4.69) is 9.47 Å². The molecule has 0 heterocycles. The molecule has 6 heteroatoms. The van der Waals surface area contributed by atoms with Crippen molar-refractivity contribution in [3.63, 3.8) is 0 Å². The Hall–Kier alpha value is -1.10. The average Bonchev–Trinajstić information content (AvgIpc) is 2.17. The Labute approximate surface area is 86.3 Å². The normalized spacial score (nSPS) is 10.5. The summed E-state index contributed by atoms with van der Waals surface area (Å²) in [5, 5.41) is 0. The molecule has 5 nitrogen and oxygen atoms in total. The fourth-order valence-corrected chi connectivity index (χ4v) is 0.761. The standard InChI is InChI=1S/C8H11ClO5/c1-3-13-6(11)8(9,5-10)7(12)14-4-2/h5H,3-4H2,1-2H3. The van der Waals surface area contributed by atoms with Crippen LogP contribution in [0.3, 0.4) is 0 Å². The molecule has 0 bridgehead atoms. The summed E-state index contributed by atoms with van der Waals surface area (Å²) in [5.41, 5.74) is 0. The second-order valence-corrected chi connectivity index (χ2v) is 2.87. The SMILES string of the molecule is CCOC(=O)C(Cl)(C=O)C(=O)OCC. The zero-order valence-corrected chi connectivity index (χ0v) is 8.67. The highest BCUT2D eigenvalue weighted by Gasteiger charge is 2.47. The van der Waals surface area contributed by atoms with Gasteiger partial charge in [0.1, 0.15) is 0 Å². The molecule has 14 heavy (non-hydrogen) atoms. The van der Waals surface area contributed by atoms with E-state index < -0.39 is 16.8 Å². The Morgan fingerprint density at radius 1 is 1.21 bits per heavy atom. The summed E-state index contributed by atoms with van der Waals surface area (Å²) in [6.45, 7) is 3.12.